The number of nitrogens with one attached hydrogen (secondary N) is 1. The molecule has 0 unspecified atom stereocenters. The van der Waals surface area contributed by atoms with Crippen LogP contribution in [0.2, 0.25) is 0 Å². The Morgan fingerprint density at radius 2 is 2.14 bits per heavy atom. The summed E-state index contributed by atoms with van der Waals surface area (Å²) < 4.78 is 10.9. The van der Waals surface area contributed by atoms with Gasteiger partial charge in [-0.25, -0.2) is 0 Å². The zero-order valence-electron chi connectivity index (χ0n) is 13.5. The number of ether oxygens (including phenoxy) is 2. The van der Waals surface area contributed by atoms with Crippen molar-refractivity contribution in [1.82, 2.24) is 10.2 Å². The smallest absolute Gasteiger partial charge is 0.161 e. The lowest BCUT2D eigenvalue weighted by Gasteiger charge is -2.14. The molecule has 21 heavy (non-hydrogen) atoms. The van der Waals surface area contributed by atoms with E-state index in [-0.39, 0.29) is 0 Å². The summed E-state index contributed by atoms with van der Waals surface area (Å²) in [6, 6.07) is 6.16. The van der Waals surface area contributed by atoms with Crippen molar-refractivity contribution in [3.8, 4) is 11.5 Å². The maximum Gasteiger partial charge on any atom is 0.161 e. The van der Waals surface area contributed by atoms with E-state index in [2.05, 4.69) is 29.3 Å². The number of hydrogen-bond donors (Lipinski definition) is 1. The first-order valence-electron chi connectivity index (χ1n) is 7.99. The number of likely N-dealkylation sites (tertiary alicyclic amines) is 1. The second-order valence-electron chi connectivity index (χ2n) is 5.60. The molecule has 2 rings (SSSR count). The number of rotatable bonds is 8. The minimum Gasteiger partial charge on any atom is -0.493 e. The van der Waals surface area contributed by atoms with Crippen molar-refractivity contribution in [3.05, 3.63) is 23.8 Å². The molecule has 1 heterocycles. The van der Waals surface area contributed by atoms with Crippen LogP contribution in [0.5, 0.6) is 11.5 Å². The zero-order chi connectivity index (χ0) is 15.1. The van der Waals surface area contributed by atoms with Crippen LogP contribution in [0.25, 0.3) is 0 Å². The normalized spacial score (nSPS) is 18.9. The molecule has 0 amide bonds. The van der Waals surface area contributed by atoms with Crippen LogP contribution in [0.4, 0.5) is 0 Å². The average Bonchev–Trinajstić information content (AvgIpc) is 2.97. The van der Waals surface area contributed by atoms with E-state index in [9.17, 15) is 0 Å². The van der Waals surface area contributed by atoms with Crippen LogP contribution in [-0.2, 0) is 6.54 Å². The van der Waals surface area contributed by atoms with Gasteiger partial charge < -0.3 is 19.7 Å². The Morgan fingerprint density at radius 1 is 1.29 bits per heavy atom. The van der Waals surface area contributed by atoms with Crippen LogP contribution in [0.1, 0.15) is 25.8 Å². The molecule has 0 radical (unpaired) electrons. The Labute approximate surface area is 128 Å². The van der Waals surface area contributed by atoms with Gasteiger partial charge in [0.05, 0.1) is 13.7 Å². The van der Waals surface area contributed by atoms with Crippen LogP contribution >= 0.6 is 0 Å². The molecule has 1 atom stereocenters. The Hall–Kier alpha value is -1.26. The first kappa shape index (κ1) is 16.1. The van der Waals surface area contributed by atoms with Gasteiger partial charge in [0.1, 0.15) is 0 Å². The first-order valence-corrected chi connectivity index (χ1v) is 7.99. The molecule has 1 N–H and O–H groups in total. The largest absolute Gasteiger partial charge is 0.493 e. The van der Waals surface area contributed by atoms with E-state index in [0.717, 1.165) is 30.5 Å². The minimum atomic E-state index is 0.656. The Morgan fingerprint density at radius 3 is 2.81 bits per heavy atom. The highest BCUT2D eigenvalue weighted by Gasteiger charge is 2.20. The van der Waals surface area contributed by atoms with Gasteiger partial charge in [-0.3, -0.25) is 0 Å². The summed E-state index contributed by atoms with van der Waals surface area (Å²) in [7, 11) is 1.69. The van der Waals surface area contributed by atoms with Crippen molar-refractivity contribution >= 4 is 0 Å². The van der Waals surface area contributed by atoms with Gasteiger partial charge in [-0.2, -0.15) is 0 Å². The lowest BCUT2D eigenvalue weighted by molar-refractivity contribution is 0.310. The minimum absolute atomic E-state index is 0.656. The third-order valence-corrected chi connectivity index (χ3v) is 4.11. The fourth-order valence-electron chi connectivity index (χ4n) is 2.88. The number of nitrogens with zero attached hydrogens (tertiary/aromatic N) is 1. The van der Waals surface area contributed by atoms with Gasteiger partial charge in [-0.15, -0.1) is 0 Å². The fourth-order valence-corrected chi connectivity index (χ4v) is 2.88. The molecule has 1 aliphatic heterocycles. The van der Waals surface area contributed by atoms with Gasteiger partial charge >= 0.3 is 0 Å². The van der Waals surface area contributed by atoms with Crippen LogP contribution in [0.3, 0.4) is 0 Å². The van der Waals surface area contributed by atoms with Gasteiger partial charge in [-0.05, 0) is 56.6 Å². The average molecular weight is 292 g/mol. The number of hydrogen-bond acceptors (Lipinski definition) is 4. The molecule has 0 spiro atoms. The molecule has 0 aliphatic carbocycles. The summed E-state index contributed by atoms with van der Waals surface area (Å²) in [5.41, 5.74) is 1.24. The standard InChI is InChI=1S/C17H28N2O2/c1-4-19-9-8-15(13-19)12-18-11-14-6-7-16(21-5-2)17(10-14)20-3/h6-7,10,15,18H,4-5,8-9,11-13H2,1-3H3/t15-/m1/s1. The fraction of sp³-hybridized carbons (Fsp3) is 0.647. The molecule has 1 saturated heterocycles. The molecule has 1 aromatic carbocycles. The predicted octanol–water partition coefficient (Wildman–Crippen LogP) is 2.53. The van der Waals surface area contributed by atoms with Gasteiger partial charge in [0.2, 0.25) is 0 Å². The molecule has 118 valence electrons. The van der Waals surface area contributed by atoms with Gasteiger partial charge in [0.25, 0.3) is 0 Å². The number of benzene rings is 1. The number of methoxy groups -OCH3 is 1. The molecular weight excluding hydrogens is 264 g/mol. The Kier molecular flexibility index (Phi) is 6.33. The van der Waals surface area contributed by atoms with Crippen LogP contribution in [0, 0.1) is 5.92 Å². The van der Waals surface area contributed by atoms with E-state index < -0.39 is 0 Å². The highest BCUT2D eigenvalue weighted by Crippen LogP contribution is 2.28. The Balaban J connectivity index is 1.80. The maximum absolute atomic E-state index is 5.54. The van der Waals surface area contributed by atoms with Gasteiger partial charge in [0, 0.05) is 13.1 Å². The van der Waals surface area contributed by atoms with Gasteiger partial charge in [0.15, 0.2) is 11.5 Å². The van der Waals surface area contributed by atoms with Crippen molar-refractivity contribution in [3.63, 3.8) is 0 Å². The Bertz CT molecular complexity index is 437. The highest BCUT2D eigenvalue weighted by molar-refractivity contribution is 5.42. The third kappa shape index (κ3) is 4.61. The van der Waals surface area contributed by atoms with E-state index in [1.807, 2.05) is 13.0 Å². The lowest BCUT2D eigenvalue weighted by Crippen LogP contribution is -2.26. The lowest BCUT2D eigenvalue weighted by atomic mass is 10.1. The molecule has 0 bridgehead atoms. The molecule has 1 aliphatic rings. The van der Waals surface area contributed by atoms with Crippen molar-refractivity contribution in [2.45, 2.75) is 26.8 Å². The summed E-state index contributed by atoms with van der Waals surface area (Å²) >= 11 is 0. The topological polar surface area (TPSA) is 33.7 Å². The molecule has 4 nitrogen and oxygen atoms in total. The zero-order valence-corrected chi connectivity index (χ0v) is 13.5. The molecule has 0 saturated carbocycles. The monoisotopic (exact) mass is 292 g/mol. The van der Waals surface area contributed by atoms with Crippen molar-refractivity contribution in [1.29, 1.82) is 0 Å². The summed E-state index contributed by atoms with van der Waals surface area (Å²) in [6.07, 6.45) is 1.31. The van der Waals surface area contributed by atoms with E-state index in [0.29, 0.717) is 6.61 Å². The summed E-state index contributed by atoms with van der Waals surface area (Å²) in [5.74, 6) is 2.42. The van der Waals surface area contributed by atoms with E-state index >= 15 is 0 Å². The summed E-state index contributed by atoms with van der Waals surface area (Å²) in [4.78, 5) is 2.52. The predicted molar refractivity (Wildman–Crippen MR) is 86.1 cm³/mol. The quantitative estimate of drug-likeness (QED) is 0.798. The van der Waals surface area contributed by atoms with E-state index in [4.69, 9.17) is 9.47 Å². The van der Waals surface area contributed by atoms with Crippen LogP contribution in [-0.4, -0.2) is 44.8 Å². The molecule has 4 heteroatoms. The molecule has 1 aromatic rings. The third-order valence-electron chi connectivity index (χ3n) is 4.11. The first-order chi connectivity index (χ1) is 10.3. The summed E-state index contributed by atoms with van der Waals surface area (Å²) in [6.45, 7) is 10.5. The second-order valence-corrected chi connectivity index (χ2v) is 5.60. The van der Waals surface area contributed by atoms with Crippen molar-refractivity contribution in [2.24, 2.45) is 5.92 Å². The summed E-state index contributed by atoms with van der Waals surface area (Å²) in [5, 5.41) is 3.57. The van der Waals surface area contributed by atoms with E-state index in [1.165, 1.54) is 31.6 Å². The van der Waals surface area contributed by atoms with Crippen molar-refractivity contribution < 1.29 is 9.47 Å². The SMILES string of the molecule is CCOc1ccc(CNC[C@H]2CCN(CC)C2)cc1OC. The highest BCUT2D eigenvalue weighted by atomic mass is 16.5. The van der Waals surface area contributed by atoms with Crippen molar-refractivity contribution in [2.75, 3.05) is 39.9 Å². The van der Waals surface area contributed by atoms with Crippen LogP contribution in [0.15, 0.2) is 18.2 Å². The maximum atomic E-state index is 5.54. The van der Waals surface area contributed by atoms with Crippen LogP contribution < -0.4 is 14.8 Å². The molecule has 1 fully saturated rings. The second kappa shape index (κ2) is 8.25. The molecule has 0 aromatic heterocycles. The van der Waals surface area contributed by atoms with E-state index in [1.54, 1.807) is 7.11 Å². The molecular formula is C17H28N2O2. The van der Waals surface area contributed by atoms with Gasteiger partial charge in [-0.1, -0.05) is 13.0 Å².